The number of carboxylic acids is 1. The molecule has 0 unspecified atom stereocenters. The maximum absolute atomic E-state index is 12.5. The van der Waals surface area contributed by atoms with Gasteiger partial charge in [0, 0.05) is 9.75 Å². The number of rotatable bonds is 6. The molecule has 0 saturated carbocycles. The van der Waals surface area contributed by atoms with Crippen molar-refractivity contribution in [1.29, 1.82) is 0 Å². The molecule has 1 aliphatic heterocycles. The molecule has 0 spiro atoms. The molecule has 1 aromatic heterocycles. The summed E-state index contributed by atoms with van der Waals surface area (Å²) < 4.78 is 0.318. The standard InChI is InChI=1S/C14H15NO3S4/c1-8-3-4-9(21-8)7-11-12(16)15(14(19)22-11)10(13(17)18)5-6-20-2/h3-4,7,10H,5-6H2,1-2H3,(H,17,18)/b11-7+/t10-/m0/s1. The zero-order valence-electron chi connectivity index (χ0n) is 12.1. The van der Waals surface area contributed by atoms with Crippen molar-refractivity contribution in [2.45, 2.75) is 19.4 Å². The quantitative estimate of drug-likeness (QED) is 0.609. The first-order valence-electron chi connectivity index (χ1n) is 6.49. The van der Waals surface area contributed by atoms with Crippen molar-refractivity contribution in [2.75, 3.05) is 12.0 Å². The minimum Gasteiger partial charge on any atom is -0.480 e. The summed E-state index contributed by atoms with van der Waals surface area (Å²) in [6.07, 6.45) is 4.07. The number of nitrogens with zero attached hydrogens (tertiary/aromatic N) is 1. The highest BCUT2D eigenvalue weighted by Gasteiger charge is 2.40. The fourth-order valence-electron chi connectivity index (χ4n) is 2.00. The minimum atomic E-state index is -1.02. The van der Waals surface area contributed by atoms with Crippen LogP contribution >= 0.6 is 47.1 Å². The zero-order valence-corrected chi connectivity index (χ0v) is 15.3. The van der Waals surface area contributed by atoms with E-state index in [4.69, 9.17) is 12.2 Å². The first-order chi connectivity index (χ1) is 10.4. The highest BCUT2D eigenvalue weighted by Crippen LogP contribution is 2.35. The zero-order chi connectivity index (χ0) is 16.3. The topological polar surface area (TPSA) is 57.6 Å². The fourth-order valence-corrected chi connectivity index (χ4v) is 4.70. The summed E-state index contributed by atoms with van der Waals surface area (Å²) in [4.78, 5) is 27.8. The van der Waals surface area contributed by atoms with Crippen LogP contribution in [0.15, 0.2) is 17.0 Å². The van der Waals surface area contributed by atoms with Gasteiger partial charge in [-0.2, -0.15) is 11.8 Å². The van der Waals surface area contributed by atoms with E-state index in [1.165, 1.54) is 16.7 Å². The van der Waals surface area contributed by atoms with Crippen molar-refractivity contribution >= 4 is 69.4 Å². The smallest absolute Gasteiger partial charge is 0.326 e. The third-order valence-electron chi connectivity index (χ3n) is 3.05. The number of thiophene rings is 1. The van der Waals surface area contributed by atoms with E-state index in [0.717, 1.165) is 9.75 Å². The number of aryl methyl sites for hydroxylation is 1. The van der Waals surface area contributed by atoms with Gasteiger partial charge in [-0.05, 0) is 43.6 Å². The average molecular weight is 374 g/mol. The molecule has 1 fully saturated rings. The number of carbonyl (C=O) groups excluding carboxylic acids is 1. The van der Waals surface area contributed by atoms with Crippen LogP contribution in [-0.2, 0) is 9.59 Å². The number of thioether (sulfide) groups is 2. The molecule has 1 saturated heterocycles. The van der Waals surface area contributed by atoms with Crippen LogP contribution in [0.3, 0.4) is 0 Å². The Morgan fingerprint density at radius 3 is 2.82 bits per heavy atom. The second kappa shape index (κ2) is 7.63. The summed E-state index contributed by atoms with van der Waals surface area (Å²) in [6.45, 7) is 2.00. The molecule has 2 heterocycles. The maximum Gasteiger partial charge on any atom is 0.326 e. The average Bonchev–Trinajstić information content (AvgIpc) is 2.97. The van der Waals surface area contributed by atoms with Crippen LogP contribution in [-0.4, -0.2) is 44.3 Å². The molecule has 22 heavy (non-hydrogen) atoms. The number of aliphatic carboxylic acids is 1. The predicted molar refractivity (Wildman–Crippen MR) is 98.5 cm³/mol. The molecule has 1 aliphatic rings. The van der Waals surface area contributed by atoms with Gasteiger partial charge in [0.25, 0.3) is 5.91 Å². The van der Waals surface area contributed by atoms with Crippen molar-refractivity contribution in [2.24, 2.45) is 0 Å². The first-order valence-corrected chi connectivity index (χ1v) is 9.92. The number of thiocarbonyl (C=S) groups is 1. The summed E-state index contributed by atoms with van der Waals surface area (Å²) in [6, 6.07) is 3.03. The summed E-state index contributed by atoms with van der Waals surface area (Å²) >= 11 is 9.53. The maximum atomic E-state index is 12.5. The lowest BCUT2D eigenvalue weighted by Crippen LogP contribution is -2.44. The predicted octanol–water partition coefficient (Wildman–Crippen LogP) is 3.46. The Kier molecular flexibility index (Phi) is 6.08. The molecular weight excluding hydrogens is 358 g/mol. The van der Waals surface area contributed by atoms with Gasteiger partial charge in [0.15, 0.2) is 0 Å². The molecular formula is C14H15NO3S4. The van der Waals surface area contributed by atoms with Crippen LogP contribution in [0.1, 0.15) is 16.2 Å². The van der Waals surface area contributed by atoms with Crippen molar-refractivity contribution in [1.82, 2.24) is 4.90 Å². The first kappa shape index (κ1) is 17.5. The lowest BCUT2D eigenvalue weighted by atomic mass is 10.2. The van der Waals surface area contributed by atoms with E-state index in [0.29, 0.717) is 21.4 Å². The van der Waals surface area contributed by atoms with E-state index in [1.54, 1.807) is 29.2 Å². The molecule has 8 heteroatoms. The molecule has 2 rings (SSSR count). The lowest BCUT2D eigenvalue weighted by Gasteiger charge is -2.22. The Balaban J connectivity index is 2.23. The monoisotopic (exact) mass is 373 g/mol. The largest absolute Gasteiger partial charge is 0.480 e. The van der Waals surface area contributed by atoms with Crippen LogP contribution in [0.5, 0.6) is 0 Å². The molecule has 1 amide bonds. The normalized spacial score (nSPS) is 18.3. The van der Waals surface area contributed by atoms with Gasteiger partial charge in [-0.25, -0.2) is 4.79 Å². The molecule has 4 nitrogen and oxygen atoms in total. The SMILES string of the molecule is CSCC[C@@H](C(=O)O)N1C(=O)/C(=C\c2ccc(C)s2)SC1=S. The van der Waals surface area contributed by atoms with Crippen molar-refractivity contribution in [3.8, 4) is 0 Å². The van der Waals surface area contributed by atoms with Crippen LogP contribution < -0.4 is 0 Å². The van der Waals surface area contributed by atoms with Gasteiger partial charge >= 0.3 is 5.97 Å². The van der Waals surface area contributed by atoms with Crippen LogP contribution in [0.25, 0.3) is 6.08 Å². The molecule has 0 aliphatic carbocycles. The number of amides is 1. The van der Waals surface area contributed by atoms with Gasteiger partial charge in [0.05, 0.1) is 4.91 Å². The molecule has 0 aromatic carbocycles. The molecule has 118 valence electrons. The summed E-state index contributed by atoms with van der Waals surface area (Å²) in [5, 5.41) is 9.39. The van der Waals surface area contributed by atoms with Crippen LogP contribution in [0.2, 0.25) is 0 Å². The number of carboxylic acid groups (broad SMARTS) is 1. The Morgan fingerprint density at radius 2 is 2.27 bits per heavy atom. The Labute approximate surface area is 147 Å². The van der Waals surface area contributed by atoms with Crippen molar-refractivity contribution in [3.05, 3.63) is 26.8 Å². The second-order valence-electron chi connectivity index (χ2n) is 4.64. The second-order valence-corrected chi connectivity index (χ2v) is 8.62. The van der Waals surface area contributed by atoms with E-state index in [1.807, 2.05) is 25.3 Å². The third kappa shape index (κ3) is 3.92. The highest BCUT2D eigenvalue weighted by atomic mass is 32.2. The lowest BCUT2D eigenvalue weighted by molar-refractivity contribution is -0.145. The van der Waals surface area contributed by atoms with E-state index >= 15 is 0 Å². The van der Waals surface area contributed by atoms with E-state index in [9.17, 15) is 14.7 Å². The van der Waals surface area contributed by atoms with Gasteiger partial charge in [0.2, 0.25) is 0 Å². The van der Waals surface area contributed by atoms with E-state index in [-0.39, 0.29) is 5.91 Å². The van der Waals surface area contributed by atoms with Crippen LogP contribution in [0, 0.1) is 6.92 Å². The molecule has 1 atom stereocenters. The summed E-state index contributed by atoms with van der Waals surface area (Å²) in [5.74, 6) is -0.662. The summed E-state index contributed by atoms with van der Waals surface area (Å²) in [5.41, 5.74) is 0. The van der Waals surface area contributed by atoms with Gasteiger partial charge in [-0.1, -0.05) is 24.0 Å². The van der Waals surface area contributed by atoms with E-state index < -0.39 is 12.0 Å². The van der Waals surface area contributed by atoms with Gasteiger partial charge in [-0.15, -0.1) is 11.3 Å². The third-order valence-corrected chi connectivity index (χ3v) is 5.97. The fraction of sp³-hybridized carbons (Fsp3) is 0.357. The number of carbonyl (C=O) groups is 2. The van der Waals surface area contributed by atoms with Crippen molar-refractivity contribution < 1.29 is 14.7 Å². The summed E-state index contributed by atoms with van der Waals surface area (Å²) in [7, 11) is 0. The van der Waals surface area contributed by atoms with Gasteiger partial charge in [-0.3, -0.25) is 9.69 Å². The molecule has 1 aromatic rings. The minimum absolute atomic E-state index is 0.311. The van der Waals surface area contributed by atoms with Gasteiger partial charge in [0.1, 0.15) is 10.4 Å². The Hall–Kier alpha value is -0.830. The highest BCUT2D eigenvalue weighted by molar-refractivity contribution is 8.26. The van der Waals surface area contributed by atoms with E-state index in [2.05, 4.69) is 0 Å². The van der Waals surface area contributed by atoms with Crippen LogP contribution in [0.4, 0.5) is 0 Å². The molecule has 1 N–H and O–H groups in total. The Bertz CT molecular complexity index is 638. The Morgan fingerprint density at radius 1 is 1.55 bits per heavy atom. The van der Waals surface area contributed by atoms with Gasteiger partial charge < -0.3 is 5.11 Å². The molecule has 0 bridgehead atoms. The molecule has 0 radical (unpaired) electrons. The number of hydrogen-bond donors (Lipinski definition) is 1. The van der Waals surface area contributed by atoms with Crippen molar-refractivity contribution in [3.63, 3.8) is 0 Å². The number of hydrogen-bond acceptors (Lipinski definition) is 6.